The van der Waals surface area contributed by atoms with Crippen LogP contribution in [0.4, 0.5) is 0 Å². The highest BCUT2D eigenvalue weighted by Crippen LogP contribution is 2.46. The van der Waals surface area contributed by atoms with Crippen molar-refractivity contribution in [3.05, 3.63) is 28.8 Å². The molecule has 0 N–H and O–H groups in total. The zero-order chi connectivity index (χ0) is 13.3. The normalized spacial score (nSPS) is 16.9. The average Bonchev–Trinajstić information content (AvgIpc) is 2.27. The third-order valence-electron chi connectivity index (χ3n) is 4.00. The number of hydrogen-bond donors (Lipinski definition) is 0. The zero-order valence-electron chi connectivity index (χ0n) is 11.5. The summed E-state index contributed by atoms with van der Waals surface area (Å²) in [5.41, 5.74) is 2.79. The van der Waals surface area contributed by atoms with Crippen LogP contribution in [0.15, 0.2) is 12.1 Å². The number of esters is 1. The fourth-order valence-corrected chi connectivity index (χ4v) is 2.88. The molecule has 3 heteroatoms. The second kappa shape index (κ2) is 4.63. The van der Waals surface area contributed by atoms with Crippen LogP contribution in [0.1, 0.15) is 36.0 Å². The van der Waals surface area contributed by atoms with Crippen LogP contribution in [-0.4, -0.2) is 20.2 Å². The maximum atomic E-state index is 12.0. The van der Waals surface area contributed by atoms with Crippen molar-refractivity contribution in [3.8, 4) is 5.75 Å². The molecule has 2 rings (SSSR count). The SMILES string of the molecule is COC(=O)C1(c2cc(C)c(OC)c(C)c2)CCC1. The minimum Gasteiger partial charge on any atom is -0.496 e. The molecule has 1 saturated carbocycles. The maximum Gasteiger partial charge on any atom is 0.316 e. The highest BCUT2D eigenvalue weighted by molar-refractivity contribution is 5.84. The lowest BCUT2D eigenvalue weighted by molar-refractivity contribution is -0.151. The van der Waals surface area contributed by atoms with Gasteiger partial charge in [0.05, 0.1) is 19.6 Å². The van der Waals surface area contributed by atoms with Crippen LogP contribution in [-0.2, 0) is 14.9 Å². The average molecular weight is 248 g/mol. The number of rotatable bonds is 3. The van der Waals surface area contributed by atoms with Gasteiger partial charge in [-0.15, -0.1) is 0 Å². The second-order valence-electron chi connectivity index (χ2n) is 5.07. The number of aryl methyl sites for hydroxylation is 2. The van der Waals surface area contributed by atoms with Crippen molar-refractivity contribution in [2.45, 2.75) is 38.5 Å². The van der Waals surface area contributed by atoms with E-state index in [4.69, 9.17) is 9.47 Å². The van der Waals surface area contributed by atoms with Crippen LogP contribution in [0, 0.1) is 13.8 Å². The topological polar surface area (TPSA) is 35.5 Å². The highest BCUT2D eigenvalue weighted by atomic mass is 16.5. The molecule has 1 aromatic carbocycles. The van der Waals surface area contributed by atoms with Crippen molar-refractivity contribution in [1.29, 1.82) is 0 Å². The molecule has 1 fully saturated rings. The Bertz CT molecular complexity index is 450. The smallest absolute Gasteiger partial charge is 0.316 e. The molecule has 0 unspecified atom stereocenters. The molecule has 1 aromatic rings. The third kappa shape index (κ3) is 1.78. The predicted molar refractivity (Wildman–Crippen MR) is 70.0 cm³/mol. The Hall–Kier alpha value is -1.51. The molecule has 0 aliphatic heterocycles. The summed E-state index contributed by atoms with van der Waals surface area (Å²) in [6.45, 7) is 4.03. The summed E-state index contributed by atoms with van der Waals surface area (Å²) in [5, 5.41) is 0. The molecule has 98 valence electrons. The molecule has 18 heavy (non-hydrogen) atoms. The minimum absolute atomic E-state index is 0.113. The van der Waals surface area contributed by atoms with Gasteiger partial charge in [0, 0.05) is 0 Å². The van der Waals surface area contributed by atoms with Gasteiger partial charge in [0.15, 0.2) is 0 Å². The maximum absolute atomic E-state index is 12.0. The van der Waals surface area contributed by atoms with Crippen molar-refractivity contribution >= 4 is 5.97 Å². The molecule has 0 spiro atoms. The first-order chi connectivity index (χ1) is 8.55. The van der Waals surface area contributed by atoms with Gasteiger partial charge >= 0.3 is 5.97 Å². The Morgan fingerprint density at radius 3 is 2.06 bits per heavy atom. The van der Waals surface area contributed by atoms with Gasteiger partial charge in [-0.3, -0.25) is 4.79 Å². The lowest BCUT2D eigenvalue weighted by atomic mass is 9.64. The number of ether oxygens (including phenoxy) is 2. The summed E-state index contributed by atoms with van der Waals surface area (Å²) in [6, 6.07) is 4.11. The molecular weight excluding hydrogens is 228 g/mol. The standard InChI is InChI=1S/C15H20O3/c1-10-8-12(9-11(2)13(10)17-3)15(6-5-7-15)14(16)18-4/h8-9H,5-7H2,1-4H3. The number of benzene rings is 1. The summed E-state index contributed by atoms with van der Waals surface area (Å²) >= 11 is 0. The number of carbonyl (C=O) groups is 1. The molecule has 0 aromatic heterocycles. The Morgan fingerprint density at radius 1 is 1.17 bits per heavy atom. The van der Waals surface area contributed by atoms with Gasteiger partial charge in [-0.2, -0.15) is 0 Å². The molecule has 0 heterocycles. The van der Waals surface area contributed by atoms with E-state index < -0.39 is 5.41 Å². The fourth-order valence-electron chi connectivity index (χ4n) is 2.88. The minimum atomic E-state index is -0.420. The van der Waals surface area contributed by atoms with Gasteiger partial charge < -0.3 is 9.47 Å². The quantitative estimate of drug-likeness (QED) is 0.771. The highest BCUT2D eigenvalue weighted by Gasteiger charge is 2.47. The van der Waals surface area contributed by atoms with Crippen molar-refractivity contribution in [1.82, 2.24) is 0 Å². The largest absolute Gasteiger partial charge is 0.496 e. The molecule has 0 amide bonds. The van der Waals surface area contributed by atoms with E-state index in [1.807, 2.05) is 13.8 Å². The van der Waals surface area contributed by atoms with Gasteiger partial charge in [-0.1, -0.05) is 18.6 Å². The van der Waals surface area contributed by atoms with Crippen LogP contribution < -0.4 is 4.74 Å². The summed E-state index contributed by atoms with van der Waals surface area (Å²) in [6.07, 6.45) is 2.84. The molecular formula is C15H20O3. The second-order valence-corrected chi connectivity index (χ2v) is 5.07. The van der Waals surface area contributed by atoms with E-state index in [1.165, 1.54) is 7.11 Å². The Balaban J connectivity index is 2.48. The summed E-state index contributed by atoms with van der Waals surface area (Å²) in [7, 11) is 3.14. The van der Waals surface area contributed by atoms with E-state index in [-0.39, 0.29) is 5.97 Å². The van der Waals surface area contributed by atoms with Gasteiger partial charge in [0.2, 0.25) is 0 Å². The molecule has 3 nitrogen and oxygen atoms in total. The van der Waals surface area contributed by atoms with Crippen molar-refractivity contribution < 1.29 is 14.3 Å². The van der Waals surface area contributed by atoms with Crippen LogP contribution in [0.3, 0.4) is 0 Å². The Kier molecular flexibility index (Phi) is 3.33. The van der Waals surface area contributed by atoms with Gasteiger partial charge in [0.25, 0.3) is 0 Å². The van der Waals surface area contributed by atoms with E-state index in [0.717, 1.165) is 41.7 Å². The number of hydrogen-bond acceptors (Lipinski definition) is 3. The molecule has 0 saturated heterocycles. The van der Waals surface area contributed by atoms with Crippen molar-refractivity contribution in [2.75, 3.05) is 14.2 Å². The van der Waals surface area contributed by atoms with Crippen LogP contribution in [0.25, 0.3) is 0 Å². The molecule has 0 bridgehead atoms. The van der Waals surface area contributed by atoms with Gasteiger partial charge in [-0.25, -0.2) is 0 Å². The molecule has 0 radical (unpaired) electrons. The van der Waals surface area contributed by atoms with Crippen LogP contribution in [0.2, 0.25) is 0 Å². The lowest BCUT2D eigenvalue weighted by Gasteiger charge is -2.39. The number of methoxy groups -OCH3 is 2. The fraction of sp³-hybridized carbons (Fsp3) is 0.533. The zero-order valence-corrected chi connectivity index (χ0v) is 11.5. The lowest BCUT2D eigenvalue weighted by Crippen LogP contribution is -2.43. The van der Waals surface area contributed by atoms with Crippen LogP contribution >= 0.6 is 0 Å². The first-order valence-corrected chi connectivity index (χ1v) is 6.29. The van der Waals surface area contributed by atoms with Crippen molar-refractivity contribution in [3.63, 3.8) is 0 Å². The molecule has 1 aliphatic rings. The van der Waals surface area contributed by atoms with Gasteiger partial charge in [0.1, 0.15) is 5.75 Å². The molecule has 1 aliphatic carbocycles. The summed E-state index contributed by atoms with van der Waals surface area (Å²) < 4.78 is 10.3. The van der Waals surface area contributed by atoms with E-state index in [0.29, 0.717) is 0 Å². The summed E-state index contributed by atoms with van der Waals surface area (Å²) in [4.78, 5) is 12.0. The van der Waals surface area contributed by atoms with E-state index in [2.05, 4.69) is 12.1 Å². The number of carbonyl (C=O) groups excluding carboxylic acids is 1. The Labute approximate surface area is 108 Å². The Morgan fingerprint density at radius 2 is 1.72 bits per heavy atom. The third-order valence-corrected chi connectivity index (χ3v) is 4.00. The van der Waals surface area contributed by atoms with E-state index in [9.17, 15) is 4.79 Å². The first-order valence-electron chi connectivity index (χ1n) is 6.29. The van der Waals surface area contributed by atoms with E-state index >= 15 is 0 Å². The van der Waals surface area contributed by atoms with E-state index in [1.54, 1.807) is 7.11 Å². The molecule has 0 atom stereocenters. The summed E-state index contributed by atoms with van der Waals surface area (Å²) in [5.74, 6) is 0.788. The van der Waals surface area contributed by atoms with Crippen LogP contribution in [0.5, 0.6) is 5.75 Å². The predicted octanol–water partition coefficient (Wildman–Crippen LogP) is 2.91. The van der Waals surface area contributed by atoms with Crippen molar-refractivity contribution in [2.24, 2.45) is 0 Å². The first kappa shape index (κ1) is 12.9. The van der Waals surface area contributed by atoms with Gasteiger partial charge in [-0.05, 0) is 43.4 Å². The monoisotopic (exact) mass is 248 g/mol.